The maximum absolute atomic E-state index is 13.2. The van der Waals surface area contributed by atoms with Gasteiger partial charge in [-0.3, -0.25) is 9.59 Å². The fourth-order valence-electron chi connectivity index (χ4n) is 4.47. The average Bonchev–Trinajstić information content (AvgIpc) is 3.65. The third-order valence-electron chi connectivity index (χ3n) is 6.33. The summed E-state index contributed by atoms with van der Waals surface area (Å²) in [5, 5.41) is 14.2. The Kier molecular flexibility index (Phi) is 5.84. The predicted octanol–water partition coefficient (Wildman–Crippen LogP) is 4.94. The van der Waals surface area contributed by atoms with Crippen LogP contribution >= 0.6 is 0 Å². The Hall–Kier alpha value is -4.00. The number of nitrogens with one attached hydrogen (secondary N) is 3. The Balaban J connectivity index is 1.47. The molecule has 3 aromatic rings. The summed E-state index contributed by atoms with van der Waals surface area (Å²) in [6.07, 6.45) is 3.24. The molecule has 34 heavy (non-hydrogen) atoms. The highest BCUT2D eigenvalue weighted by molar-refractivity contribution is 6.00. The zero-order valence-corrected chi connectivity index (χ0v) is 18.5. The molecule has 0 bridgehead atoms. The van der Waals surface area contributed by atoms with E-state index in [0.29, 0.717) is 22.6 Å². The highest BCUT2D eigenvalue weighted by Gasteiger charge is 2.44. The smallest absolute Gasteiger partial charge is 0.229 e. The minimum atomic E-state index is -0.342. The van der Waals surface area contributed by atoms with Crippen LogP contribution in [0.15, 0.2) is 72.8 Å². The molecule has 1 aliphatic heterocycles. The van der Waals surface area contributed by atoms with Gasteiger partial charge < -0.3 is 20.9 Å². The molecule has 0 aromatic heterocycles. The van der Waals surface area contributed by atoms with Gasteiger partial charge in [-0.05, 0) is 60.9 Å². The van der Waals surface area contributed by atoms with Crippen LogP contribution in [0.5, 0.6) is 0 Å². The van der Waals surface area contributed by atoms with E-state index in [2.05, 4.69) is 10.6 Å². The molecule has 1 aliphatic carbocycles. The molecule has 0 spiro atoms. The third-order valence-corrected chi connectivity index (χ3v) is 6.33. The number of carbonyl (C=O) groups is 2. The van der Waals surface area contributed by atoms with Crippen LogP contribution in [0.2, 0.25) is 0 Å². The molecule has 1 saturated carbocycles. The van der Waals surface area contributed by atoms with Crippen molar-refractivity contribution in [2.75, 3.05) is 10.2 Å². The Morgan fingerprint density at radius 3 is 2.44 bits per heavy atom. The zero-order chi connectivity index (χ0) is 23.7. The lowest BCUT2D eigenvalue weighted by Gasteiger charge is -2.29. The van der Waals surface area contributed by atoms with Crippen LogP contribution in [0.25, 0.3) is 0 Å². The Morgan fingerprint density at radius 2 is 1.76 bits per heavy atom. The van der Waals surface area contributed by atoms with Gasteiger partial charge in [-0.1, -0.05) is 30.3 Å². The second kappa shape index (κ2) is 9.09. The molecule has 2 atom stereocenters. The molecule has 5 rings (SSSR count). The highest BCUT2D eigenvalue weighted by atomic mass is 19.1. The third kappa shape index (κ3) is 4.41. The van der Waals surface area contributed by atoms with E-state index < -0.39 is 0 Å². The van der Waals surface area contributed by atoms with E-state index in [4.69, 9.17) is 5.41 Å². The summed E-state index contributed by atoms with van der Waals surface area (Å²) in [5.74, 6) is -0.331. The number of hydrogen-bond donors (Lipinski definition) is 3. The quantitative estimate of drug-likeness (QED) is 0.440. The number of carbonyl (C=O) groups excluding carboxylic acids is 2. The molecule has 1 saturated heterocycles. The second-order valence-corrected chi connectivity index (χ2v) is 8.76. The second-order valence-electron chi connectivity index (χ2n) is 8.76. The summed E-state index contributed by atoms with van der Waals surface area (Å²) in [5.41, 5.74) is 3.56. The fraction of sp³-hybridized carbons (Fsp3) is 0.222. The van der Waals surface area contributed by atoms with Crippen molar-refractivity contribution >= 4 is 35.1 Å². The van der Waals surface area contributed by atoms with Crippen LogP contribution in [0.1, 0.15) is 36.4 Å². The van der Waals surface area contributed by atoms with Gasteiger partial charge in [0.15, 0.2) is 0 Å². The van der Waals surface area contributed by atoms with Crippen molar-refractivity contribution in [3.05, 3.63) is 89.7 Å². The van der Waals surface area contributed by atoms with Crippen molar-refractivity contribution in [1.82, 2.24) is 5.32 Å². The number of hydrogen-bond acceptors (Lipinski definition) is 4. The zero-order valence-electron chi connectivity index (χ0n) is 18.5. The maximum atomic E-state index is 13.2. The first-order chi connectivity index (χ1) is 16.5. The summed E-state index contributed by atoms with van der Waals surface area (Å²) in [7, 11) is 0. The summed E-state index contributed by atoms with van der Waals surface area (Å²) in [4.78, 5) is 27.5. The van der Waals surface area contributed by atoms with Gasteiger partial charge in [-0.2, -0.15) is 0 Å². The highest BCUT2D eigenvalue weighted by Crippen LogP contribution is 2.39. The van der Waals surface area contributed by atoms with Crippen molar-refractivity contribution in [1.29, 1.82) is 5.41 Å². The van der Waals surface area contributed by atoms with Crippen LogP contribution < -0.4 is 15.5 Å². The van der Waals surface area contributed by atoms with E-state index >= 15 is 0 Å². The van der Waals surface area contributed by atoms with Gasteiger partial charge in [0, 0.05) is 41.2 Å². The largest absolute Gasteiger partial charge is 0.355 e. The maximum Gasteiger partial charge on any atom is 0.229 e. The molecule has 3 N–H and O–H groups in total. The van der Waals surface area contributed by atoms with E-state index in [1.54, 1.807) is 23.1 Å². The van der Waals surface area contributed by atoms with Gasteiger partial charge in [-0.25, -0.2) is 4.39 Å². The van der Waals surface area contributed by atoms with E-state index in [-0.39, 0.29) is 42.1 Å². The topological polar surface area (TPSA) is 85.3 Å². The van der Waals surface area contributed by atoms with Crippen LogP contribution in [0, 0.1) is 17.1 Å². The van der Waals surface area contributed by atoms with Crippen LogP contribution in [-0.4, -0.2) is 24.1 Å². The molecule has 0 unspecified atom stereocenters. The molecular weight excluding hydrogens is 431 g/mol. The van der Waals surface area contributed by atoms with E-state index in [9.17, 15) is 14.0 Å². The van der Waals surface area contributed by atoms with E-state index in [0.717, 1.165) is 18.4 Å². The number of nitrogens with zero attached hydrogens (tertiary/aromatic N) is 1. The van der Waals surface area contributed by atoms with E-state index in [1.807, 2.05) is 42.5 Å². The van der Waals surface area contributed by atoms with Crippen molar-refractivity contribution < 1.29 is 14.0 Å². The Bertz CT molecular complexity index is 1230. The normalized spacial score (nSPS) is 19.7. The van der Waals surface area contributed by atoms with Crippen molar-refractivity contribution in [2.45, 2.75) is 31.3 Å². The first kappa shape index (κ1) is 21.8. The summed E-state index contributed by atoms with van der Waals surface area (Å²) < 4.78 is 13.2. The number of halogens is 1. The summed E-state index contributed by atoms with van der Waals surface area (Å²) in [6, 6.07) is 20.4. The molecule has 172 valence electrons. The molecule has 0 radical (unpaired) electrons. The minimum absolute atomic E-state index is 0.0135. The van der Waals surface area contributed by atoms with Gasteiger partial charge in [0.05, 0.1) is 12.1 Å². The number of anilines is 3. The van der Waals surface area contributed by atoms with Gasteiger partial charge in [-0.15, -0.1) is 0 Å². The lowest BCUT2D eigenvalue weighted by Crippen LogP contribution is -2.40. The monoisotopic (exact) mass is 456 g/mol. The molecule has 2 aliphatic rings. The van der Waals surface area contributed by atoms with Crippen LogP contribution in [0.4, 0.5) is 21.5 Å². The molecule has 6 nitrogen and oxygen atoms in total. The molecule has 2 fully saturated rings. The first-order valence-corrected chi connectivity index (χ1v) is 11.4. The van der Waals surface area contributed by atoms with Gasteiger partial charge in [0.25, 0.3) is 0 Å². The van der Waals surface area contributed by atoms with E-state index in [1.165, 1.54) is 18.3 Å². The molecular formula is C27H25FN4O2. The Morgan fingerprint density at radius 1 is 1.03 bits per heavy atom. The minimum Gasteiger partial charge on any atom is -0.355 e. The first-order valence-electron chi connectivity index (χ1n) is 11.4. The lowest BCUT2D eigenvalue weighted by atomic mass is 9.99. The molecule has 7 heteroatoms. The Labute approximate surface area is 197 Å². The summed E-state index contributed by atoms with van der Waals surface area (Å²) >= 11 is 0. The van der Waals surface area contributed by atoms with Crippen molar-refractivity contribution in [3.8, 4) is 0 Å². The molecule has 3 aromatic carbocycles. The van der Waals surface area contributed by atoms with Crippen molar-refractivity contribution in [3.63, 3.8) is 0 Å². The number of amides is 2. The van der Waals surface area contributed by atoms with Gasteiger partial charge >= 0.3 is 0 Å². The number of rotatable bonds is 7. The standard InChI is InChI=1S/C27H25FN4O2/c28-20-8-10-21(11-9-20)30-23-13-12-22(14-19(23)16-29)32-25(33)15-24(31-27(34)18-6-7-18)26(32)17-4-2-1-3-5-17/h1-5,8-14,16,18,24,26,29-30H,6-7,15H2,(H,31,34)/t24-,26+/m1/s1. The average molecular weight is 457 g/mol. The summed E-state index contributed by atoms with van der Waals surface area (Å²) in [6.45, 7) is 0. The lowest BCUT2D eigenvalue weighted by molar-refractivity contribution is -0.123. The number of benzene rings is 3. The fourth-order valence-corrected chi connectivity index (χ4v) is 4.47. The SMILES string of the molecule is N=Cc1cc(N2C(=O)C[C@@H](NC(=O)C3CC3)[C@@H]2c2ccccc2)ccc1Nc1ccc(F)cc1. The van der Waals surface area contributed by atoms with Gasteiger partial charge in [0.1, 0.15) is 5.82 Å². The predicted molar refractivity (Wildman–Crippen MR) is 130 cm³/mol. The molecule has 1 heterocycles. The van der Waals surface area contributed by atoms with Gasteiger partial charge in [0.2, 0.25) is 11.8 Å². The van der Waals surface area contributed by atoms with Crippen LogP contribution in [0.3, 0.4) is 0 Å². The van der Waals surface area contributed by atoms with Crippen LogP contribution in [-0.2, 0) is 9.59 Å². The van der Waals surface area contributed by atoms with Crippen molar-refractivity contribution in [2.24, 2.45) is 5.92 Å². The molecule has 2 amide bonds.